The van der Waals surface area contributed by atoms with Gasteiger partial charge in [-0.2, -0.15) is 0 Å². The molecule has 1 unspecified atom stereocenters. The van der Waals surface area contributed by atoms with Crippen LogP contribution in [0.1, 0.15) is 27.7 Å². The monoisotopic (exact) mass is 327 g/mol. The molecule has 2 atom stereocenters. The summed E-state index contributed by atoms with van der Waals surface area (Å²) in [6.45, 7) is 6.20. The van der Waals surface area contributed by atoms with Crippen LogP contribution in [0.15, 0.2) is 0 Å². The number of hydrogen-bond donors (Lipinski definition) is 2. The molecular formula is C11H22NO8P. The molecule has 0 aliphatic rings. The summed E-state index contributed by atoms with van der Waals surface area (Å²) in [7, 11) is -1.69. The maximum Gasteiger partial charge on any atom is 0.474 e. The maximum absolute atomic E-state index is 11.8. The number of carbonyl (C=O) groups is 2. The number of aliphatic carboxylic acids is 1. The minimum Gasteiger partial charge on any atom is -0.480 e. The number of carbonyl (C=O) groups excluding carboxylic acids is 1. The molecule has 124 valence electrons. The van der Waals surface area contributed by atoms with Crippen molar-refractivity contribution in [3.8, 4) is 0 Å². The van der Waals surface area contributed by atoms with Crippen molar-refractivity contribution in [1.82, 2.24) is 5.32 Å². The Morgan fingerprint density at radius 3 is 2.00 bits per heavy atom. The molecule has 0 heterocycles. The quantitative estimate of drug-likeness (QED) is 0.679. The number of nitrogens with one attached hydrogen (secondary N) is 1. The van der Waals surface area contributed by atoms with Crippen LogP contribution in [0.4, 0.5) is 4.79 Å². The van der Waals surface area contributed by atoms with Crippen LogP contribution in [0.3, 0.4) is 0 Å². The van der Waals surface area contributed by atoms with Gasteiger partial charge in [-0.15, -0.1) is 0 Å². The predicted molar refractivity (Wildman–Crippen MR) is 73.0 cm³/mol. The molecule has 9 nitrogen and oxygen atoms in total. The normalized spacial score (nSPS) is 15.1. The molecule has 0 radical (unpaired) electrons. The molecule has 0 aromatic heterocycles. The van der Waals surface area contributed by atoms with Gasteiger partial charge in [0, 0.05) is 14.2 Å². The van der Waals surface area contributed by atoms with Gasteiger partial charge in [0.05, 0.1) is 6.10 Å². The SMILES string of the molecule is COP(=O)(OC)OC(C)[C@H](NC(=O)OC(C)(C)C)C(=O)O. The summed E-state index contributed by atoms with van der Waals surface area (Å²) in [6, 6.07) is -1.49. The first-order valence-electron chi connectivity index (χ1n) is 6.06. The summed E-state index contributed by atoms with van der Waals surface area (Å²) < 4.78 is 30.8. The highest BCUT2D eigenvalue weighted by atomic mass is 31.2. The Labute approximate surface area is 123 Å². The molecule has 10 heteroatoms. The van der Waals surface area contributed by atoms with E-state index in [1.54, 1.807) is 20.8 Å². The van der Waals surface area contributed by atoms with Gasteiger partial charge in [0.1, 0.15) is 5.60 Å². The number of amides is 1. The largest absolute Gasteiger partial charge is 0.480 e. The van der Waals surface area contributed by atoms with Crippen molar-refractivity contribution in [1.29, 1.82) is 0 Å². The number of rotatable bonds is 7. The van der Waals surface area contributed by atoms with E-state index >= 15 is 0 Å². The van der Waals surface area contributed by atoms with Gasteiger partial charge in [0.25, 0.3) is 0 Å². The molecule has 0 aromatic rings. The van der Waals surface area contributed by atoms with E-state index in [0.717, 1.165) is 14.2 Å². The van der Waals surface area contributed by atoms with Crippen molar-refractivity contribution in [3.63, 3.8) is 0 Å². The molecular weight excluding hydrogens is 305 g/mol. The predicted octanol–water partition coefficient (Wildman–Crippen LogP) is 1.77. The molecule has 1 amide bonds. The van der Waals surface area contributed by atoms with Crippen molar-refractivity contribution in [2.24, 2.45) is 0 Å². The fourth-order valence-corrected chi connectivity index (χ4v) is 2.09. The fraction of sp³-hybridized carbons (Fsp3) is 0.818. The Morgan fingerprint density at radius 2 is 1.67 bits per heavy atom. The first kappa shape index (κ1) is 19.9. The summed E-state index contributed by atoms with van der Waals surface area (Å²) in [5.74, 6) is -1.38. The molecule has 21 heavy (non-hydrogen) atoms. The maximum atomic E-state index is 11.8. The van der Waals surface area contributed by atoms with Crippen LogP contribution in [0.5, 0.6) is 0 Å². The molecule has 0 saturated carbocycles. The lowest BCUT2D eigenvalue weighted by Gasteiger charge is -2.26. The molecule has 0 aliphatic heterocycles. The van der Waals surface area contributed by atoms with Crippen molar-refractivity contribution >= 4 is 19.9 Å². The number of ether oxygens (including phenoxy) is 1. The van der Waals surface area contributed by atoms with E-state index in [9.17, 15) is 14.2 Å². The Kier molecular flexibility index (Phi) is 7.32. The second-order valence-electron chi connectivity index (χ2n) is 5.09. The van der Waals surface area contributed by atoms with Gasteiger partial charge in [-0.05, 0) is 27.7 Å². The molecule has 0 saturated heterocycles. The molecule has 0 aromatic carbocycles. The van der Waals surface area contributed by atoms with Gasteiger partial charge < -0.3 is 15.2 Å². The third-order valence-electron chi connectivity index (χ3n) is 2.15. The van der Waals surface area contributed by atoms with Crippen LogP contribution in [-0.4, -0.2) is 49.1 Å². The topological polar surface area (TPSA) is 120 Å². The lowest BCUT2D eigenvalue weighted by atomic mass is 10.2. The number of carboxylic acid groups (broad SMARTS) is 1. The zero-order chi connectivity index (χ0) is 16.8. The van der Waals surface area contributed by atoms with Crippen LogP contribution in [-0.2, 0) is 27.7 Å². The molecule has 0 rings (SSSR count). The minimum absolute atomic E-state index is 0.786. The Morgan fingerprint density at radius 1 is 1.19 bits per heavy atom. The summed E-state index contributed by atoms with van der Waals surface area (Å²) >= 11 is 0. The fourth-order valence-electron chi connectivity index (χ4n) is 1.24. The van der Waals surface area contributed by atoms with Crippen molar-refractivity contribution in [3.05, 3.63) is 0 Å². The Hall–Kier alpha value is -1.15. The number of phosphoric acid groups is 1. The first-order chi connectivity index (χ1) is 9.44. The smallest absolute Gasteiger partial charge is 0.474 e. The van der Waals surface area contributed by atoms with Gasteiger partial charge in [-0.1, -0.05) is 0 Å². The number of hydrogen-bond acceptors (Lipinski definition) is 7. The molecule has 0 bridgehead atoms. The average Bonchev–Trinajstić information content (AvgIpc) is 2.33. The van der Waals surface area contributed by atoms with Gasteiger partial charge in [-0.25, -0.2) is 14.2 Å². The van der Waals surface area contributed by atoms with E-state index in [4.69, 9.17) is 14.4 Å². The number of phosphoric ester groups is 1. The van der Waals surface area contributed by atoms with Gasteiger partial charge >= 0.3 is 19.9 Å². The highest BCUT2D eigenvalue weighted by molar-refractivity contribution is 7.48. The lowest BCUT2D eigenvalue weighted by Crippen LogP contribution is -2.49. The van der Waals surface area contributed by atoms with Crippen LogP contribution in [0.2, 0.25) is 0 Å². The second kappa shape index (κ2) is 7.74. The van der Waals surface area contributed by atoms with Crippen molar-refractivity contribution in [2.45, 2.75) is 45.4 Å². The summed E-state index contributed by atoms with van der Waals surface area (Å²) in [5.41, 5.74) is -0.786. The number of carboxylic acids is 1. The van der Waals surface area contributed by atoms with Crippen LogP contribution >= 0.6 is 7.82 Å². The molecule has 0 spiro atoms. The zero-order valence-electron chi connectivity index (χ0n) is 12.9. The Balaban J connectivity index is 4.87. The second-order valence-corrected chi connectivity index (χ2v) is 6.92. The first-order valence-corrected chi connectivity index (χ1v) is 7.52. The van der Waals surface area contributed by atoms with E-state index in [0.29, 0.717) is 0 Å². The van der Waals surface area contributed by atoms with Crippen molar-refractivity contribution in [2.75, 3.05) is 14.2 Å². The molecule has 0 aliphatic carbocycles. The molecule has 0 fully saturated rings. The van der Waals surface area contributed by atoms with Crippen LogP contribution in [0, 0.1) is 0 Å². The standard InChI is InChI=1S/C11H22NO8P/c1-7(20-21(16,17-5)18-6)8(9(13)14)12-10(15)19-11(2,3)4/h7-8H,1-6H3,(H,12,15)(H,13,14)/t7?,8-/m0/s1. The zero-order valence-corrected chi connectivity index (χ0v) is 13.8. The van der Waals surface area contributed by atoms with Gasteiger partial charge in [0.2, 0.25) is 0 Å². The van der Waals surface area contributed by atoms with E-state index in [2.05, 4.69) is 14.4 Å². The summed E-state index contributed by atoms with van der Waals surface area (Å²) in [5, 5.41) is 11.2. The van der Waals surface area contributed by atoms with E-state index in [1.807, 2.05) is 0 Å². The van der Waals surface area contributed by atoms with Crippen molar-refractivity contribution < 1.29 is 37.6 Å². The minimum atomic E-state index is -3.87. The van der Waals surface area contributed by atoms with Crippen LogP contribution in [0.25, 0.3) is 0 Å². The van der Waals surface area contributed by atoms with E-state index in [1.165, 1.54) is 6.92 Å². The Bertz CT molecular complexity index is 411. The van der Waals surface area contributed by atoms with Crippen LogP contribution < -0.4 is 5.32 Å². The summed E-state index contributed by atoms with van der Waals surface area (Å²) in [6.07, 6.45) is -2.12. The van der Waals surface area contributed by atoms with E-state index in [-0.39, 0.29) is 0 Å². The molecule has 2 N–H and O–H groups in total. The summed E-state index contributed by atoms with van der Waals surface area (Å²) in [4.78, 5) is 22.8. The lowest BCUT2D eigenvalue weighted by molar-refractivity contribution is -0.142. The van der Waals surface area contributed by atoms with Gasteiger partial charge in [-0.3, -0.25) is 13.6 Å². The van der Waals surface area contributed by atoms with E-state index < -0.39 is 37.6 Å². The highest BCUT2D eigenvalue weighted by Crippen LogP contribution is 2.49. The third kappa shape index (κ3) is 7.42. The third-order valence-corrected chi connectivity index (χ3v) is 3.64. The highest BCUT2D eigenvalue weighted by Gasteiger charge is 2.35. The average molecular weight is 327 g/mol. The number of alkyl carbamates (subject to hydrolysis) is 1. The van der Waals surface area contributed by atoms with Gasteiger partial charge in [0.15, 0.2) is 6.04 Å².